The maximum absolute atomic E-state index is 12.6. The molecule has 6 heteroatoms. The number of hydrogen-bond donors (Lipinski definition) is 1. The zero-order chi connectivity index (χ0) is 22.7. The van der Waals surface area contributed by atoms with Gasteiger partial charge in [0.05, 0.1) is 5.75 Å². The molecule has 1 N–H and O–H groups in total. The summed E-state index contributed by atoms with van der Waals surface area (Å²) >= 11 is 1.62. The summed E-state index contributed by atoms with van der Waals surface area (Å²) in [6, 6.07) is 23.4. The first-order valence-corrected chi connectivity index (χ1v) is 11.7. The summed E-state index contributed by atoms with van der Waals surface area (Å²) in [7, 11) is 3.99. The number of nitrogens with zero attached hydrogens (tertiary/aromatic N) is 2. The molecule has 1 heterocycles. The summed E-state index contributed by atoms with van der Waals surface area (Å²) in [5.41, 5.74) is 5.58. The maximum Gasteiger partial charge on any atom is 0.255 e. The molecule has 0 bridgehead atoms. The third kappa shape index (κ3) is 4.65. The molecule has 1 aliphatic rings. The number of nitrogens with one attached hydrogen (secondary N) is 1. The molecule has 1 atom stereocenters. The van der Waals surface area contributed by atoms with E-state index < -0.39 is 0 Å². The van der Waals surface area contributed by atoms with Crippen LogP contribution in [0.4, 0.5) is 17.1 Å². The summed E-state index contributed by atoms with van der Waals surface area (Å²) in [4.78, 5) is 29.1. The molecule has 32 heavy (non-hydrogen) atoms. The fourth-order valence-electron chi connectivity index (χ4n) is 3.69. The Balaban J connectivity index is 1.48. The fraction of sp³-hybridized carbons (Fsp3) is 0.231. The van der Waals surface area contributed by atoms with Crippen molar-refractivity contribution in [2.45, 2.75) is 18.7 Å². The Bertz CT molecular complexity index is 1090. The van der Waals surface area contributed by atoms with E-state index in [0.717, 1.165) is 29.0 Å². The molecular weight excluding hydrogens is 418 g/mol. The molecule has 5 nitrogen and oxygen atoms in total. The van der Waals surface area contributed by atoms with Gasteiger partial charge in [-0.15, -0.1) is 11.8 Å². The molecule has 1 fully saturated rings. The van der Waals surface area contributed by atoms with Crippen molar-refractivity contribution >= 4 is 40.6 Å². The van der Waals surface area contributed by atoms with Crippen LogP contribution >= 0.6 is 11.8 Å². The molecule has 0 radical (unpaired) electrons. The largest absolute Gasteiger partial charge is 0.378 e. The van der Waals surface area contributed by atoms with E-state index in [0.29, 0.717) is 11.3 Å². The molecular formula is C26H27N3O2S. The van der Waals surface area contributed by atoms with Crippen LogP contribution in [0, 0.1) is 0 Å². The van der Waals surface area contributed by atoms with E-state index in [2.05, 4.69) is 12.2 Å². The van der Waals surface area contributed by atoms with Crippen LogP contribution in [0.1, 0.15) is 33.8 Å². The lowest BCUT2D eigenvalue weighted by Gasteiger charge is -2.25. The van der Waals surface area contributed by atoms with Gasteiger partial charge in [-0.05, 0) is 66.1 Å². The van der Waals surface area contributed by atoms with E-state index >= 15 is 0 Å². The summed E-state index contributed by atoms with van der Waals surface area (Å²) < 4.78 is 0. The van der Waals surface area contributed by atoms with E-state index in [4.69, 9.17) is 0 Å². The van der Waals surface area contributed by atoms with Crippen LogP contribution in [-0.2, 0) is 11.2 Å². The standard InChI is InChI=1S/C26H27N3O2S/c1-4-18-5-7-19(8-6-18)25(31)27-21-11-9-20(10-12-21)26-29(24(30)17-32-26)23-15-13-22(14-16-23)28(2)3/h5-16,26H,4,17H2,1-3H3,(H,27,31). The van der Waals surface area contributed by atoms with Gasteiger partial charge >= 0.3 is 0 Å². The Kier molecular flexibility index (Phi) is 6.51. The van der Waals surface area contributed by atoms with Gasteiger partial charge in [-0.25, -0.2) is 0 Å². The topological polar surface area (TPSA) is 52.7 Å². The summed E-state index contributed by atoms with van der Waals surface area (Å²) in [6.45, 7) is 2.09. The molecule has 0 spiro atoms. The third-order valence-corrected chi connectivity index (χ3v) is 6.80. The molecule has 3 aromatic carbocycles. The smallest absolute Gasteiger partial charge is 0.255 e. The average molecular weight is 446 g/mol. The normalized spacial score (nSPS) is 15.7. The maximum atomic E-state index is 12.6. The van der Waals surface area contributed by atoms with E-state index in [1.807, 2.05) is 96.7 Å². The van der Waals surface area contributed by atoms with Gasteiger partial charge in [0, 0.05) is 36.7 Å². The summed E-state index contributed by atoms with van der Waals surface area (Å²) in [5, 5.41) is 2.87. The molecule has 0 saturated carbocycles. The first kappa shape index (κ1) is 22.0. The van der Waals surface area contributed by atoms with Crippen LogP contribution in [0.5, 0.6) is 0 Å². The summed E-state index contributed by atoms with van der Waals surface area (Å²) in [5.74, 6) is 0.422. The molecule has 3 aromatic rings. The van der Waals surface area contributed by atoms with Crippen molar-refractivity contribution in [2.75, 3.05) is 35.0 Å². The lowest BCUT2D eigenvalue weighted by atomic mass is 10.1. The van der Waals surface area contributed by atoms with Crippen LogP contribution < -0.4 is 15.1 Å². The molecule has 164 valence electrons. The summed E-state index contributed by atoms with van der Waals surface area (Å²) in [6.07, 6.45) is 0.946. The van der Waals surface area contributed by atoms with Gasteiger partial charge in [0.2, 0.25) is 5.91 Å². The van der Waals surface area contributed by atoms with E-state index in [1.54, 1.807) is 11.8 Å². The zero-order valence-corrected chi connectivity index (χ0v) is 19.4. The second-order valence-corrected chi connectivity index (χ2v) is 9.03. The number of amides is 2. The molecule has 0 aliphatic carbocycles. The van der Waals surface area contributed by atoms with Crippen molar-refractivity contribution < 1.29 is 9.59 Å². The number of anilines is 3. The Morgan fingerprint density at radius 1 is 1.00 bits per heavy atom. The number of hydrogen-bond acceptors (Lipinski definition) is 4. The number of aryl methyl sites for hydroxylation is 1. The van der Waals surface area contributed by atoms with Crippen LogP contribution in [0.15, 0.2) is 72.8 Å². The van der Waals surface area contributed by atoms with Gasteiger partial charge in [-0.2, -0.15) is 0 Å². The van der Waals surface area contributed by atoms with Crippen molar-refractivity contribution in [3.8, 4) is 0 Å². The Morgan fingerprint density at radius 2 is 1.66 bits per heavy atom. The van der Waals surface area contributed by atoms with Gasteiger partial charge in [0.25, 0.3) is 5.91 Å². The van der Waals surface area contributed by atoms with Crippen LogP contribution in [-0.4, -0.2) is 31.7 Å². The Labute approximate surface area is 193 Å². The predicted octanol–water partition coefficient (Wildman–Crippen LogP) is 5.35. The lowest BCUT2D eigenvalue weighted by Crippen LogP contribution is -2.27. The molecule has 0 aromatic heterocycles. The second kappa shape index (κ2) is 9.49. The average Bonchev–Trinajstić information content (AvgIpc) is 3.21. The highest BCUT2D eigenvalue weighted by Crippen LogP contribution is 2.42. The highest BCUT2D eigenvalue weighted by atomic mass is 32.2. The first-order chi connectivity index (χ1) is 15.5. The SMILES string of the molecule is CCc1ccc(C(=O)Nc2ccc(C3SCC(=O)N3c3ccc(N(C)C)cc3)cc2)cc1. The van der Waals surface area contributed by atoms with Crippen molar-refractivity contribution in [2.24, 2.45) is 0 Å². The Hall–Kier alpha value is -3.25. The monoisotopic (exact) mass is 445 g/mol. The highest BCUT2D eigenvalue weighted by Gasteiger charge is 2.34. The number of carbonyl (C=O) groups is 2. The second-order valence-electron chi connectivity index (χ2n) is 7.96. The van der Waals surface area contributed by atoms with Gasteiger partial charge in [0.1, 0.15) is 5.37 Å². The van der Waals surface area contributed by atoms with Crippen LogP contribution in [0.3, 0.4) is 0 Å². The minimum Gasteiger partial charge on any atom is -0.378 e. The molecule has 1 aliphatic heterocycles. The number of thioether (sulfide) groups is 1. The molecule has 4 rings (SSSR count). The number of benzene rings is 3. The number of rotatable bonds is 6. The fourth-order valence-corrected chi connectivity index (χ4v) is 4.86. The van der Waals surface area contributed by atoms with E-state index in [1.165, 1.54) is 5.56 Å². The van der Waals surface area contributed by atoms with Crippen LogP contribution in [0.2, 0.25) is 0 Å². The molecule has 2 amide bonds. The third-order valence-electron chi connectivity index (χ3n) is 5.59. The predicted molar refractivity (Wildman–Crippen MR) is 134 cm³/mol. The molecule has 1 saturated heterocycles. The zero-order valence-electron chi connectivity index (χ0n) is 18.5. The van der Waals surface area contributed by atoms with Crippen molar-refractivity contribution in [1.82, 2.24) is 0 Å². The highest BCUT2D eigenvalue weighted by molar-refractivity contribution is 8.00. The van der Waals surface area contributed by atoms with Gasteiger partial charge < -0.3 is 10.2 Å². The quantitative estimate of drug-likeness (QED) is 0.556. The van der Waals surface area contributed by atoms with Gasteiger partial charge in [-0.3, -0.25) is 14.5 Å². The minimum atomic E-state index is -0.131. The van der Waals surface area contributed by atoms with Crippen molar-refractivity contribution in [3.63, 3.8) is 0 Å². The lowest BCUT2D eigenvalue weighted by molar-refractivity contribution is -0.115. The van der Waals surface area contributed by atoms with Crippen molar-refractivity contribution in [1.29, 1.82) is 0 Å². The Morgan fingerprint density at radius 3 is 2.25 bits per heavy atom. The van der Waals surface area contributed by atoms with Gasteiger partial charge in [0.15, 0.2) is 0 Å². The van der Waals surface area contributed by atoms with Gasteiger partial charge in [-0.1, -0.05) is 31.2 Å². The van der Waals surface area contributed by atoms with Crippen LogP contribution in [0.25, 0.3) is 0 Å². The van der Waals surface area contributed by atoms with E-state index in [9.17, 15) is 9.59 Å². The molecule has 1 unspecified atom stereocenters. The minimum absolute atomic E-state index is 0.0842. The van der Waals surface area contributed by atoms with Crippen molar-refractivity contribution in [3.05, 3.63) is 89.5 Å². The van der Waals surface area contributed by atoms with E-state index in [-0.39, 0.29) is 17.2 Å². The first-order valence-electron chi connectivity index (χ1n) is 10.7. The number of carbonyl (C=O) groups excluding carboxylic acids is 2.